The first-order chi connectivity index (χ1) is 9.93. The number of aromatic nitrogens is 2. The molecule has 0 bridgehead atoms. The van der Waals surface area contributed by atoms with Crippen LogP contribution in [0.25, 0.3) is 5.69 Å². The minimum Gasteiger partial charge on any atom is -0.364 e. The molecule has 0 aliphatic carbocycles. The van der Waals surface area contributed by atoms with Crippen molar-refractivity contribution in [2.45, 2.75) is 13.8 Å². The molecule has 0 saturated carbocycles. The van der Waals surface area contributed by atoms with Gasteiger partial charge >= 0.3 is 0 Å². The highest BCUT2D eigenvalue weighted by molar-refractivity contribution is 9.10. The fourth-order valence-corrected chi connectivity index (χ4v) is 2.44. The molecular weight excluding hydrogens is 336 g/mol. The molecule has 0 radical (unpaired) electrons. The highest BCUT2D eigenvalue weighted by atomic mass is 79.9. The van der Waals surface area contributed by atoms with E-state index < -0.39 is 5.91 Å². The lowest BCUT2D eigenvalue weighted by atomic mass is 10.3. The number of anilines is 1. The van der Waals surface area contributed by atoms with Crippen LogP contribution in [0, 0.1) is 0 Å². The SMILES string of the molecule is CCN(C(C)=O)c1cn(-c2cccc(Br)c2)nc1C(N)=O. The van der Waals surface area contributed by atoms with E-state index in [9.17, 15) is 9.59 Å². The number of carbonyl (C=O) groups excluding carboxylic acids is 2. The number of nitrogens with two attached hydrogens (primary N) is 1. The smallest absolute Gasteiger partial charge is 0.271 e. The summed E-state index contributed by atoms with van der Waals surface area (Å²) in [5.74, 6) is -0.841. The standard InChI is InChI=1S/C14H15BrN4O2/c1-3-18(9(2)20)12-8-19(17-13(12)14(16)21)11-6-4-5-10(15)7-11/h4-8H,3H2,1-2H3,(H2,16,21). The van der Waals surface area contributed by atoms with Gasteiger partial charge in [-0.15, -0.1) is 0 Å². The van der Waals surface area contributed by atoms with Gasteiger partial charge in [0.1, 0.15) is 0 Å². The number of nitrogens with zero attached hydrogens (tertiary/aromatic N) is 3. The van der Waals surface area contributed by atoms with Gasteiger partial charge in [0.15, 0.2) is 5.69 Å². The zero-order valence-corrected chi connectivity index (χ0v) is 13.3. The van der Waals surface area contributed by atoms with Crippen LogP contribution in [0.2, 0.25) is 0 Å². The number of rotatable bonds is 4. The average Bonchev–Trinajstić information content (AvgIpc) is 2.84. The van der Waals surface area contributed by atoms with Gasteiger partial charge in [0.05, 0.1) is 17.6 Å². The van der Waals surface area contributed by atoms with E-state index in [2.05, 4.69) is 21.0 Å². The van der Waals surface area contributed by atoms with E-state index in [1.165, 1.54) is 16.5 Å². The van der Waals surface area contributed by atoms with Gasteiger partial charge in [-0.3, -0.25) is 9.59 Å². The van der Waals surface area contributed by atoms with Crippen LogP contribution < -0.4 is 10.6 Å². The van der Waals surface area contributed by atoms with Crippen LogP contribution in [0.5, 0.6) is 0 Å². The Bertz CT molecular complexity index is 696. The van der Waals surface area contributed by atoms with Crippen molar-refractivity contribution >= 4 is 33.4 Å². The molecule has 21 heavy (non-hydrogen) atoms. The normalized spacial score (nSPS) is 10.4. The molecule has 2 N–H and O–H groups in total. The molecular formula is C14H15BrN4O2. The Morgan fingerprint density at radius 2 is 2.14 bits per heavy atom. The van der Waals surface area contributed by atoms with E-state index in [-0.39, 0.29) is 11.6 Å². The molecule has 2 rings (SSSR count). The molecule has 6 nitrogen and oxygen atoms in total. The van der Waals surface area contributed by atoms with Gasteiger partial charge in [-0.25, -0.2) is 4.68 Å². The van der Waals surface area contributed by atoms with E-state index in [0.717, 1.165) is 10.2 Å². The van der Waals surface area contributed by atoms with Crippen molar-refractivity contribution in [3.8, 4) is 5.69 Å². The Kier molecular flexibility index (Phi) is 4.42. The molecule has 1 aromatic heterocycles. The van der Waals surface area contributed by atoms with Crippen molar-refractivity contribution in [2.24, 2.45) is 5.73 Å². The third-order valence-electron chi connectivity index (χ3n) is 2.99. The van der Waals surface area contributed by atoms with Gasteiger partial charge in [0, 0.05) is 17.9 Å². The van der Waals surface area contributed by atoms with Crippen LogP contribution in [0.3, 0.4) is 0 Å². The second-order valence-electron chi connectivity index (χ2n) is 4.41. The van der Waals surface area contributed by atoms with E-state index in [0.29, 0.717) is 12.2 Å². The first kappa shape index (κ1) is 15.2. The van der Waals surface area contributed by atoms with E-state index in [1.54, 1.807) is 6.20 Å². The number of halogens is 1. The highest BCUT2D eigenvalue weighted by Gasteiger charge is 2.21. The summed E-state index contributed by atoms with van der Waals surface area (Å²) in [6.45, 7) is 3.69. The molecule has 0 atom stereocenters. The zero-order valence-electron chi connectivity index (χ0n) is 11.7. The molecule has 2 aromatic rings. The molecule has 0 fully saturated rings. The molecule has 1 aromatic carbocycles. The predicted octanol–water partition coefficient (Wildman–Crippen LogP) is 2.11. The summed E-state index contributed by atoms with van der Waals surface area (Å²) in [6.07, 6.45) is 1.63. The fraction of sp³-hybridized carbons (Fsp3) is 0.214. The van der Waals surface area contributed by atoms with Gasteiger partial charge in [-0.05, 0) is 25.1 Å². The van der Waals surface area contributed by atoms with Crippen molar-refractivity contribution in [1.29, 1.82) is 0 Å². The maximum Gasteiger partial charge on any atom is 0.271 e. The van der Waals surface area contributed by atoms with Gasteiger partial charge in [-0.1, -0.05) is 22.0 Å². The van der Waals surface area contributed by atoms with Gasteiger partial charge in [0.2, 0.25) is 5.91 Å². The minimum absolute atomic E-state index is 0.0759. The third kappa shape index (κ3) is 3.13. The Morgan fingerprint density at radius 3 is 2.67 bits per heavy atom. The lowest BCUT2D eigenvalue weighted by Crippen LogP contribution is -2.30. The maximum absolute atomic E-state index is 11.7. The van der Waals surface area contributed by atoms with Gasteiger partial charge < -0.3 is 10.6 Å². The molecule has 1 heterocycles. The number of primary amides is 1. The van der Waals surface area contributed by atoms with Crippen LogP contribution in [0.1, 0.15) is 24.3 Å². The van der Waals surface area contributed by atoms with E-state index >= 15 is 0 Å². The van der Waals surface area contributed by atoms with Crippen molar-refractivity contribution in [3.05, 3.63) is 40.6 Å². The topological polar surface area (TPSA) is 81.2 Å². The second kappa shape index (κ2) is 6.09. The van der Waals surface area contributed by atoms with Crippen LogP contribution in [0.4, 0.5) is 5.69 Å². The van der Waals surface area contributed by atoms with Crippen LogP contribution in [0.15, 0.2) is 34.9 Å². The average molecular weight is 351 g/mol. The van der Waals surface area contributed by atoms with Gasteiger partial charge in [-0.2, -0.15) is 5.10 Å². The molecule has 0 spiro atoms. The maximum atomic E-state index is 11.7. The Morgan fingerprint density at radius 1 is 1.43 bits per heavy atom. The quantitative estimate of drug-likeness (QED) is 0.916. The number of hydrogen-bond acceptors (Lipinski definition) is 3. The highest BCUT2D eigenvalue weighted by Crippen LogP contribution is 2.23. The second-order valence-corrected chi connectivity index (χ2v) is 5.33. The summed E-state index contributed by atoms with van der Waals surface area (Å²) in [7, 11) is 0. The van der Waals surface area contributed by atoms with E-state index in [1.807, 2.05) is 31.2 Å². The molecule has 110 valence electrons. The van der Waals surface area contributed by atoms with E-state index in [4.69, 9.17) is 5.73 Å². The van der Waals surface area contributed by atoms with Gasteiger partial charge in [0.25, 0.3) is 5.91 Å². The van der Waals surface area contributed by atoms with Crippen molar-refractivity contribution in [2.75, 3.05) is 11.4 Å². The fourth-order valence-electron chi connectivity index (χ4n) is 2.05. The van der Waals surface area contributed by atoms with Crippen LogP contribution >= 0.6 is 15.9 Å². The first-order valence-corrected chi connectivity index (χ1v) is 7.16. The minimum atomic E-state index is -0.668. The monoisotopic (exact) mass is 350 g/mol. The Hall–Kier alpha value is -2.15. The molecule has 7 heteroatoms. The van der Waals surface area contributed by atoms with Crippen LogP contribution in [-0.4, -0.2) is 28.1 Å². The lowest BCUT2D eigenvalue weighted by molar-refractivity contribution is -0.116. The van der Waals surface area contributed by atoms with Crippen molar-refractivity contribution < 1.29 is 9.59 Å². The molecule has 0 saturated heterocycles. The molecule has 0 aliphatic heterocycles. The lowest BCUT2D eigenvalue weighted by Gasteiger charge is -2.17. The molecule has 0 aliphatic rings. The number of hydrogen-bond donors (Lipinski definition) is 1. The van der Waals surface area contributed by atoms with Crippen molar-refractivity contribution in [3.63, 3.8) is 0 Å². The van der Waals surface area contributed by atoms with Crippen molar-refractivity contribution in [1.82, 2.24) is 9.78 Å². The van der Waals surface area contributed by atoms with Crippen LogP contribution in [-0.2, 0) is 4.79 Å². The number of benzene rings is 1. The molecule has 2 amide bonds. The Balaban J connectivity index is 2.56. The Labute approximate surface area is 130 Å². The summed E-state index contributed by atoms with van der Waals surface area (Å²) < 4.78 is 2.42. The molecule has 0 unspecified atom stereocenters. The summed E-state index contributed by atoms with van der Waals surface area (Å²) in [4.78, 5) is 24.7. The predicted molar refractivity (Wildman–Crippen MR) is 83.5 cm³/mol. The number of carbonyl (C=O) groups is 2. The summed E-state index contributed by atoms with van der Waals surface area (Å²) >= 11 is 3.38. The summed E-state index contributed by atoms with van der Waals surface area (Å²) in [5, 5.41) is 4.20. The largest absolute Gasteiger partial charge is 0.364 e. The summed E-state index contributed by atoms with van der Waals surface area (Å²) in [5.41, 5.74) is 6.62. The third-order valence-corrected chi connectivity index (χ3v) is 3.48. The zero-order chi connectivity index (χ0) is 15.6. The summed E-state index contributed by atoms with van der Waals surface area (Å²) in [6, 6.07) is 7.44. The number of amides is 2. The first-order valence-electron chi connectivity index (χ1n) is 6.37.